The number of carboxylic acids is 1. The van der Waals surface area contributed by atoms with E-state index in [0.29, 0.717) is 6.54 Å². The van der Waals surface area contributed by atoms with E-state index in [1.165, 1.54) is 0 Å². The fourth-order valence-electron chi connectivity index (χ4n) is 2.23. The van der Waals surface area contributed by atoms with Gasteiger partial charge in [0.05, 0.1) is 19.6 Å². The van der Waals surface area contributed by atoms with Gasteiger partial charge >= 0.3 is 5.97 Å². The smallest absolute Gasteiger partial charge is 0.304 e. The van der Waals surface area contributed by atoms with Gasteiger partial charge in [0.1, 0.15) is 0 Å². The van der Waals surface area contributed by atoms with Gasteiger partial charge in [-0.3, -0.25) is 9.69 Å². The van der Waals surface area contributed by atoms with Gasteiger partial charge in [-0.25, -0.2) is 0 Å². The molecule has 0 spiro atoms. The Morgan fingerprint density at radius 2 is 2.05 bits per heavy atom. The zero-order valence-electron chi connectivity index (χ0n) is 12.6. The molecule has 1 rings (SSSR count). The fraction of sp³-hybridized carbons (Fsp3) is 0.929. The monoisotopic (exact) mass is 288 g/mol. The molecule has 6 heteroatoms. The molecule has 0 aromatic carbocycles. The lowest BCUT2D eigenvalue weighted by Gasteiger charge is -2.29. The molecule has 0 amide bonds. The first-order valence-electron chi connectivity index (χ1n) is 7.54. The Labute approximate surface area is 121 Å². The highest BCUT2D eigenvalue weighted by Gasteiger charge is 2.13. The largest absolute Gasteiger partial charge is 0.481 e. The molecule has 6 nitrogen and oxygen atoms in total. The summed E-state index contributed by atoms with van der Waals surface area (Å²) in [6.45, 7) is 10.5. The normalized spacial score (nSPS) is 16.7. The number of ether oxygens (including phenoxy) is 2. The van der Waals surface area contributed by atoms with Gasteiger partial charge < -0.3 is 19.5 Å². The van der Waals surface area contributed by atoms with E-state index in [4.69, 9.17) is 14.6 Å². The van der Waals surface area contributed by atoms with Crippen LogP contribution in [0.15, 0.2) is 0 Å². The molecule has 1 heterocycles. The maximum absolute atomic E-state index is 10.7. The average Bonchev–Trinajstić information content (AvgIpc) is 2.46. The molecule has 0 saturated carbocycles. The first-order chi connectivity index (χ1) is 9.72. The minimum absolute atomic E-state index is 0.206. The fourth-order valence-corrected chi connectivity index (χ4v) is 2.23. The Kier molecular flexibility index (Phi) is 9.57. The van der Waals surface area contributed by atoms with Crippen molar-refractivity contribution in [2.45, 2.75) is 19.8 Å². The van der Waals surface area contributed by atoms with Gasteiger partial charge in [0, 0.05) is 52.5 Å². The SMILES string of the molecule is CCOCCCN(CCC(=O)O)CCN1CCOCC1. The first kappa shape index (κ1) is 17.4. The summed E-state index contributed by atoms with van der Waals surface area (Å²) >= 11 is 0. The minimum Gasteiger partial charge on any atom is -0.481 e. The van der Waals surface area contributed by atoms with Crippen LogP contribution in [0.1, 0.15) is 19.8 Å². The van der Waals surface area contributed by atoms with Crippen LogP contribution >= 0.6 is 0 Å². The molecule has 118 valence electrons. The summed E-state index contributed by atoms with van der Waals surface area (Å²) in [4.78, 5) is 15.3. The van der Waals surface area contributed by atoms with Gasteiger partial charge in [0.25, 0.3) is 0 Å². The van der Waals surface area contributed by atoms with Crippen LogP contribution in [0.3, 0.4) is 0 Å². The van der Waals surface area contributed by atoms with Crippen LogP contribution in [-0.2, 0) is 14.3 Å². The van der Waals surface area contributed by atoms with Crippen molar-refractivity contribution in [2.24, 2.45) is 0 Å². The van der Waals surface area contributed by atoms with Crippen molar-refractivity contribution in [3.05, 3.63) is 0 Å². The van der Waals surface area contributed by atoms with Crippen molar-refractivity contribution < 1.29 is 19.4 Å². The van der Waals surface area contributed by atoms with E-state index in [-0.39, 0.29) is 6.42 Å². The summed E-state index contributed by atoms with van der Waals surface area (Å²) in [5.74, 6) is -0.730. The highest BCUT2D eigenvalue weighted by molar-refractivity contribution is 5.66. The highest BCUT2D eigenvalue weighted by atomic mass is 16.5. The van der Waals surface area contributed by atoms with Crippen LogP contribution in [0.5, 0.6) is 0 Å². The maximum Gasteiger partial charge on any atom is 0.304 e. The molecule has 0 aromatic heterocycles. The van der Waals surface area contributed by atoms with E-state index < -0.39 is 5.97 Å². The Balaban J connectivity index is 2.22. The maximum atomic E-state index is 10.7. The molecule has 0 bridgehead atoms. The van der Waals surface area contributed by atoms with Crippen molar-refractivity contribution in [3.8, 4) is 0 Å². The van der Waals surface area contributed by atoms with Crippen molar-refractivity contribution in [1.29, 1.82) is 0 Å². The summed E-state index contributed by atoms with van der Waals surface area (Å²) in [7, 11) is 0. The van der Waals surface area contributed by atoms with Gasteiger partial charge in [0.15, 0.2) is 0 Å². The Morgan fingerprint density at radius 1 is 1.30 bits per heavy atom. The second-order valence-corrected chi connectivity index (χ2v) is 4.99. The summed E-state index contributed by atoms with van der Waals surface area (Å²) in [6.07, 6.45) is 1.16. The Hall–Kier alpha value is -0.690. The molecular formula is C14H28N2O4. The number of nitrogens with zero attached hydrogens (tertiary/aromatic N) is 2. The number of rotatable bonds is 11. The van der Waals surface area contributed by atoms with E-state index in [9.17, 15) is 4.79 Å². The van der Waals surface area contributed by atoms with Crippen LogP contribution < -0.4 is 0 Å². The quantitative estimate of drug-likeness (QED) is 0.559. The zero-order valence-corrected chi connectivity index (χ0v) is 12.6. The lowest BCUT2D eigenvalue weighted by atomic mass is 10.3. The average molecular weight is 288 g/mol. The van der Waals surface area contributed by atoms with E-state index in [1.54, 1.807) is 0 Å². The summed E-state index contributed by atoms with van der Waals surface area (Å²) in [6, 6.07) is 0. The van der Waals surface area contributed by atoms with Gasteiger partial charge in [-0.05, 0) is 13.3 Å². The Bertz CT molecular complexity index is 258. The van der Waals surface area contributed by atoms with Crippen LogP contribution in [0.25, 0.3) is 0 Å². The number of hydrogen-bond donors (Lipinski definition) is 1. The molecular weight excluding hydrogens is 260 g/mol. The van der Waals surface area contributed by atoms with Crippen molar-refractivity contribution in [3.63, 3.8) is 0 Å². The molecule has 20 heavy (non-hydrogen) atoms. The molecule has 1 aliphatic rings. The lowest BCUT2D eigenvalue weighted by molar-refractivity contribution is -0.137. The van der Waals surface area contributed by atoms with E-state index >= 15 is 0 Å². The molecule has 1 fully saturated rings. The third-order valence-electron chi connectivity index (χ3n) is 3.45. The van der Waals surface area contributed by atoms with Gasteiger partial charge in [-0.2, -0.15) is 0 Å². The van der Waals surface area contributed by atoms with Crippen LogP contribution in [0.2, 0.25) is 0 Å². The molecule has 1 saturated heterocycles. The van der Waals surface area contributed by atoms with Crippen molar-refractivity contribution >= 4 is 5.97 Å². The number of morpholine rings is 1. The minimum atomic E-state index is -0.730. The zero-order chi connectivity index (χ0) is 14.6. The second kappa shape index (κ2) is 11.0. The summed E-state index contributed by atoms with van der Waals surface area (Å²) in [5, 5.41) is 8.81. The van der Waals surface area contributed by atoms with E-state index in [0.717, 1.165) is 65.6 Å². The lowest BCUT2D eigenvalue weighted by Crippen LogP contribution is -2.42. The summed E-state index contributed by atoms with van der Waals surface area (Å²) < 4.78 is 10.7. The van der Waals surface area contributed by atoms with E-state index in [1.807, 2.05) is 6.92 Å². The predicted molar refractivity (Wildman–Crippen MR) is 77.1 cm³/mol. The van der Waals surface area contributed by atoms with Crippen LogP contribution in [0.4, 0.5) is 0 Å². The molecule has 1 aliphatic heterocycles. The van der Waals surface area contributed by atoms with Gasteiger partial charge in [0.2, 0.25) is 0 Å². The standard InChI is InChI=1S/C14H28N2O4/c1-2-19-11-3-5-15(6-4-14(17)18)7-8-16-9-12-20-13-10-16/h2-13H2,1H3,(H,17,18). The number of hydrogen-bond acceptors (Lipinski definition) is 5. The second-order valence-electron chi connectivity index (χ2n) is 4.99. The highest BCUT2D eigenvalue weighted by Crippen LogP contribution is 2.00. The Morgan fingerprint density at radius 3 is 2.70 bits per heavy atom. The molecule has 0 unspecified atom stereocenters. The molecule has 0 aliphatic carbocycles. The molecule has 0 atom stereocenters. The van der Waals surface area contributed by atoms with E-state index in [2.05, 4.69) is 9.80 Å². The number of carbonyl (C=O) groups is 1. The third-order valence-corrected chi connectivity index (χ3v) is 3.45. The van der Waals surface area contributed by atoms with Crippen molar-refractivity contribution in [2.75, 3.05) is 65.7 Å². The van der Waals surface area contributed by atoms with Gasteiger partial charge in [-0.15, -0.1) is 0 Å². The summed E-state index contributed by atoms with van der Waals surface area (Å²) in [5.41, 5.74) is 0. The van der Waals surface area contributed by atoms with Crippen molar-refractivity contribution in [1.82, 2.24) is 9.80 Å². The third kappa shape index (κ3) is 8.47. The van der Waals surface area contributed by atoms with Gasteiger partial charge in [-0.1, -0.05) is 0 Å². The number of carboxylic acid groups (broad SMARTS) is 1. The molecule has 0 radical (unpaired) electrons. The van der Waals surface area contributed by atoms with Crippen LogP contribution in [-0.4, -0.2) is 86.6 Å². The predicted octanol–water partition coefficient (Wildman–Crippen LogP) is 0.522. The first-order valence-corrected chi connectivity index (χ1v) is 7.54. The van der Waals surface area contributed by atoms with Crippen LogP contribution in [0, 0.1) is 0 Å². The topological polar surface area (TPSA) is 62.2 Å². The molecule has 0 aromatic rings. The molecule has 1 N–H and O–H groups in total. The number of aliphatic carboxylic acids is 1.